The van der Waals surface area contributed by atoms with E-state index in [-0.39, 0.29) is 75.4 Å². The molecular weight excluding hydrogens is 561 g/mol. The Bertz CT molecular complexity index is 1520. The minimum Gasteiger partial charge on any atom is -0.507 e. The van der Waals surface area contributed by atoms with Gasteiger partial charge in [-0.25, -0.2) is 0 Å². The molecule has 1 aliphatic rings. The average molecular weight is 583 g/mol. The molecule has 1 atom stereocenters. The third-order valence-corrected chi connectivity index (χ3v) is 7.51. The number of halogens is 4. The number of carbonyl (C=O) groups excluding carboxylic acids is 3. The van der Waals surface area contributed by atoms with Crippen molar-refractivity contribution in [3.63, 3.8) is 0 Å². The van der Waals surface area contributed by atoms with Crippen LogP contribution in [0.5, 0.6) is 5.75 Å². The summed E-state index contributed by atoms with van der Waals surface area (Å²) in [7, 11) is 0. The maximum absolute atomic E-state index is 13.5. The fourth-order valence-electron chi connectivity index (χ4n) is 4.30. The number of carbonyl (C=O) groups is 3. The number of nitrogens with zero attached hydrogens (tertiary/aromatic N) is 1. The number of pyridine rings is 1. The first-order chi connectivity index (χ1) is 18.4. The molecule has 0 bridgehead atoms. The van der Waals surface area contributed by atoms with Crippen LogP contribution < -0.4 is 5.56 Å². The number of likely N-dealkylation sites (tertiary alicyclic amines) is 1. The minimum atomic E-state index is -4.68. The fraction of sp³-hybridized carbons (Fsp3) is 0.308. The van der Waals surface area contributed by atoms with E-state index in [0.717, 1.165) is 30.0 Å². The normalized spacial score (nSPS) is 16.0. The van der Waals surface area contributed by atoms with Crippen LogP contribution in [0.3, 0.4) is 0 Å². The van der Waals surface area contributed by atoms with E-state index in [4.69, 9.17) is 16.3 Å². The number of ketones is 1. The number of rotatable bonds is 6. The molecule has 0 saturated carbocycles. The van der Waals surface area contributed by atoms with Crippen LogP contribution in [0.4, 0.5) is 13.2 Å². The number of alkyl halides is 3. The Hall–Kier alpha value is -3.51. The molecule has 1 fully saturated rings. The number of fused-ring (bicyclic) bond motifs is 1. The molecule has 0 radical (unpaired) electrons. The SMILES string of the molecule is CCOC(=O)C1CN(C(=O)CSc2c(-c3cc(Cl)ccc3O)c3cc(C(F)(F)F)ccc3[nH]c2=O)CCC1=O. The van der Waals surface area contributed by atoms with Crippen LogP contribution in [0.15, 0.2) is 46.1 Å². The van der Waals surface area contributed by atoms with Gasteiger partial charge >= 0.3 is 12.1 Å². The van der Waals surface area contributed by atoms with Crippen molar-refractivity contribution in [3.8, 4) is 16.9 Å². The second-order valence-corrected chi connectivity index (χ2v) is 10.1. The first-order valence-corrected chi connectivity index (χ1v) is 13.1. The van der Waals surface area contributed by atoms with E-state index < -0.39 is 35.1 Å². The molecule has 1 unspecified atom stereocenters. The number of thioether (sulfide) groups is 1. The smallest absolute Gasteiger partial charge is 0.416 e. The predicted octanol–water partition coefficient (Wildman–Crippen LogP) is 4.65. The number of ether oxygens (including phenoxy) is 1. The van der Waals surface area contributed by atoms with E-state index in [2.05, 4.69) is 4.98 Å². The number of piperidine rings is 1. The fourth-order valence-corrected chi connectivity index (χ4v) is 5.47. The van der Waals surface area contributed by atoms with E-state index in [1.165, 1.54) is 23.1 Å². The zero-order valence-electron chi connectivity index (χ0n) is 20.4. The Labute approximate surface area is 229 Å². The van der Waals surface area contributed by atoms with Crippen LogP contribution in [0.2, 0.25) is 5.02 Å². The molecule has 39 heavy (non-hydrogen) atoms. The van der Waals surface area contributed by atoms with Crippen LogP contribution >= 0.6 is 23.4 Å². The maximum Gasteiger partial charge on any atom is 0.416 e. The number of hydrogen-bond donors (Lipinski definition) is 2. The van der Waals surface area contributed by atoms with E-state index in [1.54, 1.807) is 6.92 Å². The van der Waals surface area contributed by atoms with Crippen molar-refractivity contribution in [1.29, 1.82) is 0 Å². The Morgan fingerprint density at radius 3 is 2.64 bits per heavy atom. The van der Waals surface area contributed by atoms with E-state index in [1.807, 2.05) is 0 Å². The summed E-state index contributed by atoms with van der Waals surface area (Å²) in [4.78, 5) is 54.2. The van der Waals surface area contributed by atoms with Crippen molar-refractivity contribution in [3.05, 3.63) is 57.3 Å². The average Bonchev–Trinajstić information content (AvgIpc) is 2.88. The second kappa shape index (κ2) is 11.3. The quantitative estimate of drug-likeness (QED) is 0.247. The molecule has 206 valence electrons. The van der Waals surface area contributed by atoms with Gasteiger partial charge in [-0.3, -0.25) is 19.2 Å². The molecular formula is C26H22ClF3N2O6S. The number of phenolic OH excluding ortho intramolecular Hbond substituents is 1. The molecule has 2 aromatic carbocycles. The lowest BCUT2D eigenvalue weighted by Crippen LogP contribution is -2.48. The van der Waals surface area contributed by atoms with Gasteiger partial charge in [0.05, 0.1) is 22.8 Å². The van der Waals surface area contributed by atoms with Crippen molar-refractivity contribution in [2.24, 2.45) is 5.92 Å². The third kappa shape index (κ3) is 6.06. The molecule has 1 saturated heterocycles. The van der Waals surface area contributed by atoms with Gasteiger partial charge in [0.15, 0.2) is 5.78 Å². The highest BCUT2D eigenvalue weighted by atomic mass is 35.5. The lowest BCUT2D eigenvalue weighted by molar-refractivity contribution is -0.155. The molecule has 1 amide bonds. The van der Waals surface area contributed by atoms with Crippen molar-refractivity contribution < 1.29 is 37.4 Å². The number of aromatic nitrogens is 1. The lowest BCUT2D eigenvalue weighted by atomic mass is 9.96. The lowest BCUT2D eigenvalue weighted by Gasteiger charge is -2.30. The van der Waals surface area contributed by atoms with Gasteiger partial charge in [-0.05, 0) is 43.3 Å². The van der Waals surface area contributed by atoms with Gasteiger partial charge in [0.25, 0.3) is 5.56 Å². The minimum absolute atomic E-state index is 0.0112. The zero-order valence-corrected chi connectivity index (χ0v) is 22.0. The van der Waals surface area contributed by atoms with Crippen LogP contribution in [0, 0.1) is 5.92 Å². The summed E-state index contributed by atoms with van der Waals surface area (Å²) in [6.07, 6.45) is -4.72. The van der Waals surface area contributed by atoms with Crippen LogP contribution in [0.25, 0.3) is 22.0 Å². The summed E-state index contributed by atoms with van der Waals surface area (Å²) in [6.45, 7) is 1.56. The number of amides is 1. The number of nitrogens with one attached hydrogen (secondary N) is 1. The zero-order chi connectivity index (χ0) is 28.5. The Kier molecular flexibility index (Phi) is 8.26. The molecule has 2 heterocycles. The first kappa shape index (κ1) is 28.5. The Morgan fingerprint density at radius 1 is 1.21 bits per heavy atom. The number of aromatic hydroxyl groups is 1. The van der Waals surface area contributed by atoms with Gasteiger partial charge in [-0.2, -0.15) is 13.2 Å². The molecule has 3 aromatic rings. The number of H-pyrrole nitrogens is 1. The number of phenols is 1. The summed E-state index contributed by atoms with van der Waals surface area (Å²) >= 11 is 6.87. The van der Waals surface area contributed by atoms with Gasteiger partial charge in [0, 0.05) is 46.6 Å². The van der Waals surface area contributed by atoms with Gasteiger partial charge in [0.1, 0.15) is 11.7 Å². The van der Waals surface area contributed by atoms with Crippen LogP contribution in [-0.4, -0.2) is 58.1 Å². The van der Waals surface area contributed by atoms with Crippen molar-refractivity contribution in [2.75, 3.05) is 25.4 Å². The number of esters is 1. The van der Waals surface area contributed by atoms with Crippen LogP contribution in [-0.2, 0) is 25.3 Å². The maximum atomic E-state index is 13.5. The highest BCUT2D eigenvalue weighted by Crippen LogP contribution is 2.42. The van der Waals surface area contributed by atoms with Crippen molar-refractivity contribution >= 4 is 51.9 Å². The van der Waals surface area contributed by atoms with Gasteiger partial charge in [0.2, 0.25) is 5.91 Å². The molecule has 1 aromatic heterocycles. The summed E-state index contributed by atoms with van der Waals surface area (Å²) in [5.41, 5.74) is -1.58. The van der Waals surface area contributed by atoms with Crippen molar-refractivity contribution in [1.82, 2.24) is 9.88 Å². The highest BCUT2D eigenvalue weighted by Gasteiger charge is 2.36. The molecule has 4 rings (SSSR count). The number of Topliss-reactive ketones (excluding diaryl/α,β-unsaturated/α-hetero) is 1. The van der Waals surface area contributed by atoms with Gasteiger partial charge < -0.3 is 19.7 Å². The summed E-state index contributed by atoms with van der Waals surface area (Å²) < 4.78 is 45.5. The molecule has 13 heteroatoms. The van der Waals surface area contributed by atoms with E-state index in [9.17, 15) is 37.5 Å². The largest absolute Gasteiger partial charge is 0.507 e. The molecule has 0 spiro atoms. The summed E-state index contributed by atoms with van der Waals surface area (Å²) in [5.74, 6) is -3.33. The third-order valence-electron chi connectivity index (χ3n) is 6.21. The predicted molar refractivity (Wildman–Crippen MR) is 139 cm³/mol. The van der Waals surface area contributed by atoms with E-state index >= 15 is 0 Å². The monoisotopic (exact) mass is 582 g/mol. The first-order valence-electron chi connectivity index (χ1n) is 11.8. The van der Waals surface area contributed by atoms with Crippen LogP contribution in [0.1, 0.15) is 18.9 Å². The van der Waals surface area contributed by atoms with Gasteiger partial charge in [-0.1, -0.05) is 11.6 Å². The Balaban J connectivity index is 1.74. The molecule has 0 aliphatic carbocycles. The van der Waals surface area contributed by atoms with Gasteiger partial charge in [-0.15, -0.1) is 11.8 Å². The standard InChI is InChI=1S/C26H22ClF3N2O6S/c1-2-38-25(37)17-11-32(8-7-20(17)34)21(35)12-39-23-22(16-10-14(27)4-6-19(16)33)15-9-13(26(28,29)30)3-5-18(15)31-24(23)36/h3-6,9-10,17,33H,2,7-8,11-12H2,1H3,(H,31,36). The number of aromatic amines is 1. The molecule has 2 N–H and O–H groups in total. The summed E-state index contributed by atoms with van der Waals surface area (Å²) in [6, 6.07) is 6.74. The topological polar surface area (TPSA) is 117 Å². The van der Waals surface area contributed by atoms with Crippen molar-refractivity contribution in [2.45, 2.75) is 24.4 Å². The Morgan fingerprint density at radius 2 is 1.95 bits per heavy atom. The number of hydrogen-bond acceptors (Lipinski definition) is 7. The molecule has 8 nitrogen and oxygen atoms in total. The van der Waals surface area contributed by atoms with E-state index in [0.29, 0.717) is 0 Å². The summed E-state index contributed by atoms with van der Waals surface area (Å²) in [5, 5.41) is 10.7. The highest BCUT2D eigenvalue weighted by molar-refractivity contribution is 8.00. The molecule has 1 aliphatic heterocycles. The second-order valence-electron chi connectivity index (χ2n) is 8.73. The number of benzene rings is 2.